The van der Waals surface area contributed by atoms with Crippen molar-refractivity contribution in [2.75, 3.05) is 13.2 Å². The van der Waals surface area contributed by atoms with Crippen LogP contribution in [-0.2, 0) is 4.74 Å². The molecule has 1 aromatic rings. The molecule has 0 aromatic heterocycles. The number of halogens is 2. The minimum atomic E-state index is -0.850. The second-order valence-electron chi connectivity index (χ2n) is 3.91. The van der Waals surface area contributed by atoms with E-state index in [-0.39, 0.29) is 11.5 Å². The zero-order chi connectivity index (χ0) is 11.5. The van der Waals surface area contributed by atoms with Crippen LogP contribution < -0.4 is 11.3 Å². The molecule has 0 spiro atoms. The Labute approximate surface area is 92.6 Å². The van der Waals surface area contributed by atoms with E-state index in [2.05, 4.69) is 5.43 Å². The summed E-state index contributed by atoms with van der Waals surface area (Å²) in [6, 6.07) is 3.71. The molecule has 1 heterocycles. The molecule has 3 N–H and O–H groups in total. The maximum absolute atomic E-state index is 13.6. The number of nitrogens with two attached hydrogens (primary N) is 1. The minimum absolute atomic E-state index is 0.0845. The van der Waals surface area contributed by atoms with Gasteiger partial charge in [-0.3, -0.25) is 11.3 Å². The van der Waals surface area contributed by atoms with Gasteiger partial charge in [0, 0.05) is 18.1 Å². The lowest BCUT2D eigenvalue weighted by molar-refractivity contribution is 0.176. The predicted molar refractivity (Wildman–Crippen MR) is 55.3 cm³/mol. The van der Waals surface area contributed by atoms with Crippen LogP contribution in [0.25, 0.3) is 0 Å². The van der Waals surface area contributed by atoms with Crippen LogP contribution in [0.15, 0.2) is 18.2 Å². The second-order valence-corrected chi connectivity index (χ2v) is 3.91. The third kappa shape index (κ3) is 2.07. The van der Waals surface area contributed by atoms with Crippen LogP contribution in [0, 0.1) is 17.6 Å². The maximum Gasteiger partial charge on any atom is 0.163 e. The molecule has 0 saturated carbocycles. The summed E-state index contributed by atoms with van der Waals surface area (Å²) in [6.45, 7) is 1.16. The molecule has 2 atom stereocenters. The van der Waals surface area contributed by atoms with Gasteiger partial charge in [0.2, 0.25) is 0 Å². The Hall–Kier alpha value is -1.04. The van der Waals surface area contributed by atoms with Crippen molar-refractivity contribution in [3.05, 3.63) is 35.4 Å². The zero-order valence-corrected chi connectivity index (χ0v) is 8.75. The van der Waals surface area contributed by atoms with Gasteiger partial charge in [-0.15, -0.1) is 0 Å². The molecule has 1 aromatic carbocycles. The summed E-state index contributed by atoms with van der Waals surface area (Å²) >= 11 is 0. The van der Waals surface area contributed by atoms with Gasteiger partial charge in [-0.25, -0.2) is 8.78 Å². The van der Waals surface area contributed by atoms with E-state index >= 15 is 0 Å². The van der Waals surface area contributed by atoms with Gasteiger partial charge in [-0.1, -0.05) is 12.1 Å². The van der Waals surface area contributed by atoms with Crippen molar-refractivity contribution in [2.24, 2.45) is 11.8 Å². The van der Waals surface area contributed by atoms with Crippen molar-refractivity contribution in [2.45, 2.75) is 12.5 Å². The Bertz CT molecular complexity index is 367. The summed E-state index contributed by atoms with van der Waals surface area (Å²) in [7, 11) is 0. The van der Waals surface area contributed by atoms with Crippen molar-refractivity contribution in [1.29, 1.82) is 0 Å². The largest absolute Gasteiger partial charge is 0.381 e. The molecule has 1 fully saturated rings. The maximum atomic E-state index is 13.6. The number of benzene rings is 1. The lowest BCUT2D eigenvalue weighted by atomic mass is 9.92. The highest BCUT2D eigenvalue weighted by atomic mass is 19.2. The lowest BCUT2D eigenvalue weighted by Gasteiger charge is -2.22. The van der Waals surface area contributed by atoms with Gasteiger partial charge in [0.05, 0.1) is 12.6 Å². The topological polar surface area (TPSA) is 47.3 Å². The average molecular weight is 228 g/mol. The summed E-state index contributed by atoms with van der Waals surface area (Å²) in [5.41, 5.74) is 2.80. The lowest BCUT2D eigenvalue weighted by Crippen LogP contribution is -2.34. The number of rotatable bonds is 3. The normalized spacial score (nSPS) is 22.3. The first-order valence-electron chi connectivity index (χ1n) is 5.22. The van der Waals surface area contributed by atoms with E-state index in [0.717, 1.165) is 12.5 Å². The van der Waals surface area contributed by atoms with Crippen molar-refractivity contribution < 1.29 is 13.5 Å². The van der Waals surface area contributed by atoms with Crippen molar-refractivity contribution >= 4 is 0 Å². The molecule has 88 valence electrons. The molecule has 1 aliphatic heterocycles. The SMILES string of the molecule is NNC(c1cccc(F)c1F)C1CCOC1. The van der Waals surface area contributed by atoms with Crippen LogP contribution in [0.5, 0.6) is 0 Å². The Balaban J connectivity index is 2.28. The Morgan fingerprint density at radius 3 is 2.88 bits per heavy atom. The summed E-state index contributed by atoms with van der Waals surface area (Å²) in [4.78, 5) is 0. The Morgan fingerprint density at radius 1 is 1.44 bits per heavy atom. The van der Waals surface area contributed by atoms with Gasteiger partial charge in [-0.2, -0.15) is 0 Å². The second kappa shape index (κ2) is 4.86. The molecular weight excluding hydrogens is 214 g/mol. The average Bonchev–Trinajstić information content (AvgIpc) is 2.79. The monoisotopic (exact) mass is 228 g/mol. The van der Waals surface area contributed by atoms with Gasteiger partial charge in [0.15, 0.2) is 11.6 Å². The van der Waals surface area contributed by atoms with E-state index in [1.807, 2.05) is 0 Å². The van der Waals surface area contributed by atoms with Crippen LogP contribution in [0.1, 0.15) is 18.0 Å². The Kier molecular flexibility index (Phi) is 3.48. The van der Waals surface area contributed by atoms with E-state index < -0.39 is 17.7 Å². The third-order valence-electron chi connectivity index (χ3n) is 2.93. The number of nitrogens with one attached hydrogen (secondary N) is 1. The fraction of sp³-hybridized carbons (Fsp3) is 0.455. The smallest absolute Gasteiger partial charge is 0.163 e. The molecule has 0 amide bonds. The minimum Gasteiger partial charge on any atom is -0.381 e. The molecular formula is C11H14F2N2O. The van der Waals surface area contributed by atoms with Crippen LogP contribution in [0.4, 0.5) is 8.78 Å². The van der Waals surface area contributed by atoms with Crippen LogP contribution in [-0.4, -0.2) is 13.2 Å². The van der Waals surface area contributed by atoms with Gasteiger partial charge >= 0.3 is 0 Å². The number of hydrogen-bond donors (Lipinski definition) is 2. The number of ether oxygens (including phenoxy) is 1. The number of hydrazine groups is 1. The quantitative estimate of drug-likeness (QED) is 0.609. The molecule has 2 unspecified atom stereocenters. The molecule has 3 nitrogen and oxygen atoms in total. The molecule has 1 saturated heterocycles. The highest BCUT2D eigenvalue weighted by Crippen LogP contribution is 2.30. The predicted octanol–water partition coefficient (Wildman–Crippen LogP) is 1.51. The van der Waals surface area contributed by atoms with Gasteiger partial charge < -0.3 is 4.74 Å². The molecule has 0 aliphatic carbocycles. The van der Waals surface area contributed by atoms with E-state index in [4.69, 9.17) is 10.6 Å². The molecule has 2 rings (SSSR count). The fourth-order valence-electron chi connectivity index (χ4n) is 2.06. The molecule has 0 bridgehead atoms. The Morgan fingerprint density at radius 2 is 2.25 bits per heavy atom. The van der Waals surface area contributed by atoms with Crippen molar-refractivity contribution in [3.63, 3.8) is 0 Å². The van der Waals surface area contributed by atoms with Crippen molar-refractivity contribution in [1.82, 2.24) is 5.43 Å². The first-order valence-corrected chi connectivity index (χ1v) is 5.22. The molecule has 0 radical (unpaired) electrons. The van der Waals surface area contributed by atoms with Gasteiger partial charge in [-0.05, 0) is 12.5 Å². The van der Waals surface area contributed by atoms with E-state index in [1.54, 1.807) is 6.07 Å². The molecule has 16 heavy (non-hydrogen) atoms. The van der Waals surface area contributed by atoms with Crippen molar-refractivity contribution in [3.8, 4) is 0 Å². The fourth-order valence-corrected chi connectivity index (χ4v) is 2.06. The summed E-state index contributed by atoms with van der Waals surface area (Å²) < 4.78 is 31.9. The summed E-state index contributed by atoms with van der Waals surface area (Å²) in [6.07, 6.45) is 0.796. The van der Waals surface area contributed by atoms with E-state index in [9.17, 15) is 8.78 Å². The summed E-state index contributed by atoms with van der Waals surface area (Å²) in [5.74, 6) is 3.81. The van der Waals surface area contributed by atoms with E-state index in [1.165, 1.54) is 6.07 Å². The zero-order valence-electron chi connectivity index (χ0n) is 8.75. The van der Waals surface area contributed by atoms with Gasteiger partial charge in [0.25, 0.3) is 0 Å². The van der Waals surface area contributed by atoms with Crippen LogP contribution >= 0.6 is 0 Å². The first-order chi connectivity index (χ1) is 7.74. The molecule has 1 aliphatic rings. The van der Waals surface area contributed by atoms with Crippen LogP contribution in [0.3, 0.4) is 0 Å². The third-order valence-corrected chi connectivity index (χ3v) is 2.93. The number of hydrogen-bond acceptors (Lipinski definition) is 3. The standard InChI is InChI=1S/C11H14F2N2O/c12-9-3-1-2-8(10(9)13)11(15-14)7-4-5-16-6-7/h1-3,7,11,15H,4-6,14H2. The highest BCUT2D eigenvalue weighted by Gasteiger charge is 2.28. The highest BCUT2D eigenvalue weighted by molar-refractivity contribution is 5.23. The molecule has 5 heteroatoms. The van der Waals surface area contributed by atoms with E-state index in [0.29, 0.717) is 13.2 Å². The summed E-state index contributed by atoms with van der Waals surface area (Å²) in [5, 5.41) is 0. The van der Waals surface area contributed by atoms with Crippen LogP contribution in [0.2, 0.25) is 0 Å². The first kappa shape index (κ1) is 11.4. The van der Waals surface area contributed by atoms with Gasteiger partial charge in [0.1, 0.15) is 0 Å².